The van der Waals surface area contributed by atoms with E-state index in [0.29, 0.717) is 13.2 Å². The molecule has 1 saturated heterocycles. The number of hydrogen-bond acceptors (Lipinski definition) is 5. The van der Waals surface area contributed by atoms with Crippen LogP contribution in [0.2, 0.25) is 0 Å². The molecule has 0 bridgehead atoms. The predicted octanol–water partition coefficient (Wildman–Crippen LogP) is 1.13. The van der Waals surface area contributed by atoms with Gasteiger partial charge in [0.05, 0.1) is 6.10 Å². The van der Waals surface area contributed by atoms with Crippen LogP contribution in [-0.2, 0) is 22.5 Å². The lowest BCUT2D eigenvalue weighted by molar-refractivity contribution is -0.122. The van der Waals surface area contributed by atoms with Crippen molar-refractivity contribution in [2.24, 2.45) is 0 Å². The van der Waals surface area contributed by atoms with Gasteiger partial charge in [-0.3, -0.25) is 14.4 Å². The molecular weight excluding hydrogens is 372 g/mol. The second-order valence-electron chi connectivity index (χ2n) is 7.51. The van der Waals surface area contributed by atoms with Crippen molar-refractivity contribution in [2.45, 2.75) is 44.9 Å². The first kappa shape index (κ1) is 19.3. The zero-order valence-electron chi connectivity index (χ0n) is 16.3. The van der Waals surface area contributed by atoms with Crippen LogP contribution in [0, 0.1) is 0 Å². The van der Waals surface area contributed by atoms with Gasteiger partial charge in [0, 0.05) is 30.9 Å². The Morgan fingerprint density at radius 1 is 1.24 bits per heavy atom. The Morgan fingerprint density at radius 2 is 2.07 bits per heavy atom. The number of nitrogens with one attached hydrogen (secondary N) is 1. The van der Waals surface area contributed by atoms with Crippen molar-refractivity contribution in [3.05, 3.63) is 58.0 Å². The molecule has 152 valence electrons. The highest BCUT2D eigenvalue weighted by molar-refractivity contribution is 6.06. The molecule has 2 amide bonds. The first-order chi connectivity index (χ1) is 14.0. The summed E-state index contributed by atoms with van der Waals surface area (Å²) in [5.41, 5.74) is 1.68. The first-order valence-corrected chi connectivity index (χ1v) is 9.91. The molecule has 1 N–H and O–H groups in total. The Kier molecular flexibility index (Phi) is 5.44. The second-order valence-corrected chi connectivity index (χ2v) is 7.51. The average Bonchev–Trinajstić information content (AvgIpc) is 3.34. The zero-order valence-corrected chi connectivity index (χ0v) is 16.3. The molecule has 2 atom stereocenters. The third kappa shape index (κ3) is 4.07. The number of hydrogen-bond donors (Lipinski definition) is 1. The average molecular weight is 396 g/mol. The van der Waals surface area contributed by atoms with Crippen LogP contribution in [-0.4, -0.2) is 46.9 Å². The third-order valence-corrected chi connectivity index (χ3v) is 5.36. The van der Waals surface area contributed by atoms with Gasteiger partial charge in [0.1, 0.15) is 12.2 Å². The molecule has 2 aliphatic rings. The number of aromatic nitrogens is 2. The summed E-state index contributed by atoms with van der Waals surface area (Å²) < 4.78 is 6.51. The molecule has 1 fully saturated rings. The SMILES string of the molecule is C[C@@H]1Cc2ccccc2N1C(=O)c1ccc(=O)n(CC(=O)NC[C@@H]2CCCO2)n1. The lowest BCUT2D eigenvalue weighted by atomic mass is 10.1. The van der Waals surface area contributed by atoms with Crippen LogP contribution in [0.25, 0.3) is 0 Å². The van der Waals surface area contributed by atoms with Gasteiger partial charge in [0.15, 0.2) is 0 Å². The molecule has 0 aliphatic carbocycles. The number of ether oxygens (including phenoxy) is 1. The zero-order chi connectivity index (χ0) is 20.4. The number of fused-ring (bicyclic) bond motifs is 1. The lowest BCUT2D eigenvalue weighted by Gasteiger charge is -2.22. The monoisotopic (exact) mass is 396 g/mol. The minimum absolute atomic E-state index is 0.00297. The number of anilines is 1. The van der Waals surface area contributed by atoms with E-state index in [1.165, 1.54) is 12.1 Å². The van der Waals surface area contributed by atoms with Gasteiger partial charge in [-0.15, -0.1) is 0 Å². The highest BCUT2D eigenvalue weighted by Crippen LogP contribution is 2.32. The fourth-order valence-electron chi connectivity index (χ4n) is 3.90. The van der Waals surface area contributed by atoms with Crippen molar-refractivity contribution in [3.8, 4) is 0 Å². The minimum Gasteiger partial charge on any atom is -0.376 e. The predicted molar refractivity (Wildman–Crippen MR) is 107 cm³/mol. The van der Waals surface area contributed by atoms with Gasteiger partial charge in [-0.1, -0.05) is 18.2 Å². The van der Waals surface area contributed by atoms with E-state index in [0.717, 1.165) is 35.2 Å². The van der Waals surface area contributed by atoms with E-state index in [9.17, 15) is 14.4 Å². The number of benzene rings is 1. The Morgan fingerprint density at radius 3 is 2.86 bits per heavy atom. The number of carbonyl (C=O) groups excluding carboxylic acids is 2. The molecule has 1 aromatic carbocycles. The van der Waals surface area contributed by atoms with Gasteiger partial charge in [0.2, 0.25) is 5.91 Å². The Hall–Kier alpha value is -3.00. The summed E-state index contributed by atoms with van der Waals surface area (Å²) in [4.78, 5) is 39.2. The summed E-state index contributed by atoms with van der Waals surface area (Å²) in [5, 5.41) is 6.93. The number of carbonyl (C=O) groups is 2. The van der Waals surface area contributed by atoms with Crippen molar-refractivity contribution < 1.29 is 14.3 Å². The maximum absolute atomic E-state index is 13.1. The van der Waals surface area contributed by atoms with Crippen molar-refractivity contribution in [3.63, 3.8) is 0 Å². The normalized spacial score (nSPS) is 20.5. The molecule has 8 heteroatoms. The smallest absolute Gasteiger partial charge is 0.278 e. The maximum Gasteiger partial charge on any atom is 0.278 e. The molecule has 0 unspecified atom stereocenters. The standard InChI is InChI=1S/C21H24N4O4/c1-14-11-15-5-2-3-7-18(15)25(14)21(28)17-8-9-20(27)24(23-17)13-19(26)22-12-16-6-4-10-29-16/h2-3,5,7-9,14,16H,4,6,10-13H2,1H3,(H,22,26)/t14-,16+/m1/s1. The molecule has 2 aromatic rings. The van der Waals surface area contributed by atoms with Gasteiger partial charge in [-0.05, 0) is 43.9 Å². The number of amides is 2. The quantitative estimate of drug-likeness (QED) is 0.818. The third-order valence-electron chi connectivity index (χ3n) is 5.36. The first-order valence-electron chi connectivity index (χ1n) is 9.91. The molecule has 1 aromatic heterocycles. The van der Waals surface area contributed by atoms with Crippen LogP contribution in [0.15, 0.2) is 41.2 Å². The van der Waals surface area contributed by atoms with Crippen LogP contribution in [0.4, 0.5) is 5.69 Å². The Balaban J connectivity index is 1.48. The Bertz CT molecular complexity index is 981. The van der Waals surface area contributed by atoms with Crippen molar-refractivity contribution in [1.82, 2.24) is 15.1 Å². The molecule has 2 aliphatic heterocycles. The summed E-state index contributed by atoms with van der Waals surface area (Å²) in [6.07, 6.45) is 2.70. The summed E-state index contributed by atoms with van der Waals surface area (Å²) in [5.74, 6) is -0.615. The molecule has 8 nitrogen and oxygen atoms in total. The molecule has 0 spiro atoms. The second kappa shape index (κ2) is 8.16. The largest absolute Gasteiger partial charge is 0.376 e. The summed E-state index contributed by atoms with van der Waals surface area (Å²) in [6.45, 7) is 2.86. The Labute approximate surface area is 168 Å². The summed E-state index contributed by atoms with van der Waals surface area (Å²) in [6, 6.07) is 10.4. The molecule has 29 heavy (non-hydrogen) atoms. The van der Waals surface area contributed by atoms with Gasteiger partial charge < -0.3 is 15.0 Å². The van der Waals surface area contributed by atoms with E-state index in [1.807, 2.05) is 31.2 Å². The van der Waals surface area contributed by atoms with E-state index in [-0.39, 0.29) is 36.2 Å². The van der Waals surface area contributed by atoms with Crippen molar-refractivity contribution in [1.29, 1.82) is 0 Å². The van der Waals surface area contributed by atoms with E-state index in [1.54, 1.807) is 4.90 Å². The molecule has 0 saturated carbocycles. The molecule has 4 rings (SSSR count). The van der Waals surface area contributed by atoms with E-state index < -0.39 is 5.56 Å². The maximum atomic E-state index is 13.1. The van der Waals surface area contributed by atoms with Crippen LogP contribution in [0.3, 0.4) is 0 Å². The molecule has 0 radical (unpaired) electrons. The number of para-hydroxylation sites is 1. The highest BCUT2D eigenvalue weighted by atomic mass is 16.5. The van der Waals surface area contributed by atoms with Crippen molar-refractivity contribution in [2.75, 3.05) is 18.1 Å². The minimum atomic E-state index is -0.427. The fourth-order valence-corrected chi connectivity index (χ4v) is 3.90. The summed E-state index contributed by atoms with van der Waals surface area (Å²) in [7, 11) is 0. The van der Waals surface area contributed by atoms with E-state index in [4.69, 9.17) is 4.74 Å². The number of nitrogens with zero attached hydrogens (tertiary/aromatic N) is 3. The molecular formula is C21H24N4O4. The highest BCUT2D eigenvalue weighted by Gasteiger charge is 2.32. The van der Waals surface area contributed by atoms with Crippen LogP contribution in [0.1, 0.15) is 35.8 Å². The van der Waals surface area contributed by atoms with Gasteiger partial charge in [0.25, 0.3) is 11.5 Å². The van der Waals surface area contributed by atoms with Crippen molar-refractivity contribution >= 4 is 17.5 Å². The van der Waals surface area contributed by atoms with Gasteiger partial charge >= 0.3 is 0 Å². The molecule has 3 heterocycles. The van der Waals surface area contributed by atoms with Gasteiger partial charge in [-0.25, -0.2) is 4.68 Å². The van der Waals surface area contributed by atoms with Gasteiger partial charge in [-0.2, -0.15) is 5.10 Å². The number of rotatable bonds is 5. The fraction of sp³-hybridized carbons (Fsp3) is 0.429. The van der Waals surface area contributed by atoms with Crippen LogP contribution < -0.4 is 15.8 Å². The van der Waals surface area contributed by atoms with E-state index >= 15 is 0 Å². The van der Waals surface area contributed by atoms with Crippen LogP contribution in [0.5, 0.6) is 0 Å². The topological polar surface area (TPSA) is 93.5 Å². The lowest BCUT2D eigenvalue weighted by Crippen LogP contribution is -2.40. The van der Waals surface area contributed by atoms with Crippen LogP contribution >= 0.6 is 0 Å². The summed E-state index contributed by atoms with van der Waals surface area (Å²) >= 11 is 0. The van der Waals surface area contributed by atoms with E-state index in [2.05, 4.69) is 10.4 Å².